The van der Waals surface area contributed by atoms with E-state index >= 15 is 0 Å². The molecule has 2 atom stereocenters. The molecule has 28 heavy (non-hydrogen) atoms. The van der Waals surface area contributed by atoms with Crippen LogP contribution in [0.3, 0.4) is 0 Å². The van der Waals surface area contributed by atoms with Crippen LogP contribution in [0, 0.1) is 5.92 Å². The van der Waals surface area contributed by atoms with E-state index in [0.29, 0.717) is 13.1 Å². The van der Waals surface area contributed by atoms with Gasteiger partial charge >= 0.3 is 0 Å². The molecule has 0 radical (unpaired) electrons. The van der Waals surface area contributed by atoms with Gasteiger partial charge in [-0.3, -0.25) is 0 Å². The van der Waals surface area contributed by atoms with Gasteiger partial charge in [0.2, 0.25) is 10.0 Å². The summed E-state index contributed by atoms with van der Waals surface area (Å²) in [6.45, 7) is 6.45. The minimum Gasteiger partial charge on any atom is -0.497 e. The van der Waals surface area contributed by atoms with Crippen molar-refractivity contribution < 1.29 is 17.9 Å². The normalized spacial score (nSPS) is 13.9. The van der Waals surface area contributed by atoms with Gasteiger partial charge in [0.25, 0.3) is 0 Å². The molecule has 0 fully saturated rings. The topological polar surface area (TPSA) is 55.8 Å². The minimum absolute atomic E-state index is 0.0826. The first-order valence-corrected chi connectivity index (χ1v) is 11.1. The Kier molecular flexibility index (Phi) is 7.89. The molecule has 0 N–H and O–H groups in total. The number of benzene rings is 2. The van der Waals surface area contributed by atoms with Crippen molar-refractivity contribution in [2.24, 2.45) is 5.92 Å². The van der Waals surface area contributed by atoms with E-state index in [2.05, 4.69) is 0 Å². The second kappa shape index (κ2) is 9.94. The number of hydrogen-bond donors (Lipinski definition) is 0. The molecule has 6 heteroatoms. The molecule has 0 unspecified atom stereocenters. The van der Waals surface area contributed by atoms with Crippen molar-refractivity contribution in [3.05, 3.63) is 59.7 Å². The van der Waals surface area contributed by atoms with E-state index in [-0.39, 0.29) is 5.92 Å². The van der Waals surface area contributed by atoms with E-state index in [9.17, 15) is 8.42 Å². The zero-order valence-electron chi connectivity index (χ0n) is 17.4. The zero-order valence-corrected chi connectivity index (χ0v) is 18.2. The van der Waals surface area contributed by atoms with Gasteiger partial charge in [0.15, 0.2) is 0 Å². The van der Waals surface area contributed by atoms with Crippen molar-refractivity contribution in [2.75, 3.05) is 14.2 Å². The van der Waals surface area contributed by atoms with Crippen molar-refractivity contribution >= 4 is 10.0 Å². The molecule has 0 bridgehead atoms. The van der Waals surface area contributed by atoms with Crippen LogP contribution in [0.5, 0.6) is 11.5 Å². The van der Waals surface area contributed by atoms with E-state index in [0.717, 1.165) is 29.0 Å². The smallest absolute Gasteiger partial charge is 0.217 e. The Hall–Kier alpha value is -2.05. The summed E-state index contributed by atoms with van der Waals surface area (Å²) in [4.78, 5) is 0. The van der Waals surface area contributed by atoms with Gasteiger partial charge < -0.3 is 9.47 Å². The van der Waals surface area contributed by atoms with Crippen LogP contribution in [0.4, 0.5) is 0 Å². The van der Waals surface area contributed by atoms with Gasteiger partial charge in [0, 0.05) is 13.1 Å². The molecule has 0 saturated carbocycles. The lowest BCUT2D eigenvalue weighted by molar-refractivity contribution is 0.379. The fourth-order valence-electron chi connectivity index (χ4n) is 2.97. The summed E-state index contributed by atoms with van der Waals surface area (Å²) in [6.07, 6.45) is 0.819. The second-order valence-corrected chi connectivity index (χ2v) is 9.39. The first-order chi connectivity index (χ1) is 13.3. The van der Waals surface area contributed by atoms with Gasteiger partial charge in [0.1, 0.15) is 11.5 Å². The number of hydrogen-bond acceptors (Lipinski definition) is 4. The Balaban J connectivity index is 2.32. The highest BCUT2D eigenvalue weighted by atomic mass is 32.2. The largest absolute Gasteiger partial charge is 0.497 e. The monoisotopic (exact) mass is 405 g/mol. The van der Waals surface area contributed by atoms with E-state index in [4.69, 9.17) is 9.47 Å². The third-order valence-electron chi connectivity index (χ3n) is 5.31. The third-order valence-corrected chi connectivity index (χ3v) is 7.69. The summed E-state index contributed by atoms with van der Waals surface area (Å²) < 4.78 is 38.7. The quantitative estimate of drug-likeness (QED) is 0.585. The van der Waals surface area contributed by atoms with Crippen LogP contribution in [0.1, 0.15) is 38.3 Å². The number of sulfonamides is 1. The molecule has 2 rings (SSSR count). The number of nitrogens with zero attached hydrogens (tertiary/aromatic N) is 1. The van der Waals surface area contributed by atoms with Crippen LogP contribution in [-0.4, -0.2) is 32.2 Å². The van der Waals surface area contributed by atoms with Crippen molar-refractivity contribution in [3.63, 3.8) is 0 Å². The van der Waals surface area contributed by atoms with Gasteiger partial charge in [-0.25, -0.2) is 8.42 Å². The molecule has 0 aliphatic heterocycles. The van der Waals surface area contributed by atoms with E-state index < -0.39 is 15.3 Å². The van der Waals surface area contributed by atoms with E-state index in [1.165, 1.54) is 0 Å². The van der Waals surface area contributed by atoms with Crippen LogP contribution >= 0.6 is 0 Å². The molecule has 2 aromatic carbocycles. The maximum Gasteiger partial charge on any atom is 0.217 e. The highest BCUT2D eigenvalue weighted by Gasteiger charge is 2.32. The molecule has 0 spiro atoms. The molecular weight excluding hydrogens is 374 g/mol. The van der Waals surface area contributed by atoms with Crippen LogP contribution in [-0.2, 0) is 23.1 Å². The summed E-state index contributed by atoms with van der Waals surface area (Å²) in [5.41, 5.74) is 1.85. The number of rotatable bonds is 10. The highest BCUT2D eigenvalue weighted by molar-refractivity contribution is 7.89. The fourth-order valence-corrected chi connectivity index (χ4v) is 4.87. The molecule has 0 heterocycles. The van der Waals surface area contributed by atoms with Crippen molar-refractivity contribution in [1.82, 2.24) is 4.31 Å². The summed E-state index contributed by atoms with van der Waals surface area (Å²) in [5.74, 6) is 1.59. The standard InChI is InChI=1S/C22H31NO4S/c1-6-17(2)18(3)28(24,25)23(15-19-7-11-21(26-4)12-8-19)16-20-9-13-22(27-5)14-10-20/h7-14,17-18H,6,15-16H2,1-5H3/t17-,18-/m1/s1. The molecule has 0 amide bonds. The average molecular weight is 406 g/mol. The van der Waals surface area contributed by atoms with Gasteiger partial charge in [-0.05, 0) is 48.2 Å². The third kappa shape index (κ3) is 5.49. The summed E-state index contributed by atoms with van der Waals surface area (Å²) in [5, 5.41) is -0.450. The molecule has 0 aromatic heterocycles. The highest BCUT2D eigenvalue weighted by Crippen LogP contribution is 2.24. The predicted octanol–water partition coefficient (Wildman–Crippen LogP) is 4.47. The van der Waals surface area contributed by atoms with Gasteiger partial charge in [-0.1, -0.05) is 44.5 Å². The minimum atomic E-state index is -3.47. The van der Waals surface area contributed by atoms with Gasteiger partial charge in [0.05, 0.1) is 19.5 Å². The number of ether oxygens (including phenoxy) is 2. The Bertz CT molecular complexity index is 782. The van der Waals surface area contributed by atoms with Crippen molar-refractivity contribution in [3.8, 4) is 11.5 Å². The Morgan fingerprint density at radius 2 is 1.21 bits per heavy atom. The summed E-state index contributed by atoms with van der Waals surface area (Å²) >= 11 is 0. The van der Waals surface area contributed by atoms with Gasteiger partial charge in [-0.2, -0.15) is 4.31 Å². The van der Waals surface area contributed by atoms with Crippen LogP contribution in [0.15, 0.2) is 48.5 Å². The Morgan fingerprint density at radius 3 is 1.54 bits per heavy atom. The van der Waals surface area contributed by atoms with Crippen LogP contribution in [0.25, 0.3) is 0 Å². The molecule has 0 saturated heterocycles. The average Bonchev–Trinajstić information content (AvgIpc) is 2.73. The molecule has 0 aliphatic carbocycles. The molecular formula is C22H31NO4S. The second-order valence-electron chi connectivity index (χ2n) is 7.10. The zero-order chi connectivity index (χ0) is 20.7. The van der Waals surface area contributed by atoms with Crippen LogP contribution in [0.2, 0.25) is 0 Å². The Labute approximate surface area is 169 Å². The lowest BCUT2D eigenvalue weighted by Gasteiger charge is -2.29. The summed E-state index contributed by atoms with van der Waals surface area (Å²) in [7, 11) is -0.241. The molecule has 5 nitrogen and oxygen atoms in total. The maximum atomic E-state index is 13.4. The Morgan fingerprint density at radius 1 is 0.821 bits per heavy atom. The predicted molar refractivity (Wildman–Crippen MR) is 113 cm³/mol. The fraction of sp³-hybridized carbons (Fsp3) is 0.455. The SMILES string of the molecule is CC[C@@H](C)[C@@H](C)S(=O)(=O)N(Cc1ccc(OC)cc1)Cc1ccc(OC)cc1. The molecule has 154 valence electrons. The van der Waals surface area contributed by atoms with Gasteiger partial charge in [-0.15, -0.1) is 0 Å². The summed E-state index contributed by atoms with van der Waals surface area (Å²) in [6, 6.07) is 15.0. The lowest BCUT2D eigenvalue weighted by atomic mass is 10.1. The lowest BCUT2D eigenvalue weighted by Crippen LogP contribution is -2.39. The number of methoxy groups -OCH3 is 2. The molecule has 0 aliphatic rings. The first kappa shape index (κ1) is 22.2. The van der Waals surface area contributed by atoms with Crippen molar-refractivity contribution in [2.45, 2.75) is 45.5 Å². The van der Waals surface area contributed by atoms with E-state index in [1.54, 1.807) is 25.4 Å². The first-order valence-electron chi connectivity index (χ1n) is 9.56. The molecule has 2 aromatic rings. The van der Waals surface area contributed by atoms with Crippen LogP contribution < -0.4 is 9.47 Å². The maximum absolute atomic E-state index is 13.4. The van der Waals surface area contributed by atoms with Crippen molar-refractivity contribution in [1.29, 1.82) is 0 Å². The van der Waals surface area contributed by atoms with E-state index in [1.807, 2.05) is 62.4 Å².